The normalized spacial score (nSPS) is 10.3. The number of amides is 2. The lowest BCUT2D eigenvalue weighted by Crippen LogP contribution is -2.41. The van der Waals surface area contributed by atoms with Gasteiger partial charge in [0.15, 0.2) is 0 Å². The summed E-state index contributed by atoms with van der Waals surface area (Å²) in [6, 6.07) is 17.4. The summed E-state index contributed by atoms with van der Waals surface area (Å²) in [7, 11) is 1.63. The van der Waals surface area contributed by atoms with Gasteiger partial charge < -0.3 is 20.1 Å². The number of methoxy groups -OCH3 is 1. The van der Waals surface area contributed by atoms with Crippen LogP contribution < -0.4 is 10.1 Å². The number of urea groups is 1. The van der Waals surface area contributed by atoms with Gasteiger partial charge in [0.1, 0.15) is 5.75 Å². The molecule has 0 atom stereocenters. The summed E-state index contributed by atoms with van der Waals surface area (Å²) in [5.41, 5.74) is 2.17. The Morgan fingerprint density at radius 1 is 1.04 bits per heavy atom. The highest BCUT2D eigenvalue weighted by molar-refractivity contribution is 5.74. The summed E-state index contributed by atoms with van der Waals surface area (Å²) in [4.78, 5) is 24.9. The van der Waals surface area contributed by atoms with E-state index >= 15 is 0 Å². The fourth-order valence-corrected chi connectivity index (χ4v) is 2.66. The first-order valence-corrected chi connectivity index (χ1v) is 9.00. The van der Waals surface area contributed by atoms with Crippen LogP contribution >= 0.6 is 0 Å². The van der Waals surface area contributed by atoms with Gasteiger partial charge in [0, 0.05) is 26.1 Å². The summed E-state index contributed by atoms with van der Waals surface area (Å²) < 4.78 is 5.17. The molecule has 0 radical (unpaired) electrons. The van der Waals surface area contributed by atoms with Crippen LogP contribution in [-0.2, 0) is 17.8 Å². The van der Waals surface area contributed by atoms with Gasteiger partial charge in [-0.25, -0.2) is 4.79 Å². The Balaban J connectivity index is 1.95. The van der Waals surface area contributed by atoms with Crippen LogP contribution in [0.3, 0.4) is 0 Å². The number of nitrogens with zero attached hydrogens (tertiary/aromatic N) is 1. The number of aliphatic carboxylic acids is 1. The third-order valence-corrected chi connectivity index (χ3v) is 4.18. The Hall–Kier alpha value is -3.02. The van der Waals surface area contributed by atoms with E-state index in [9.17, 15) is 9.59 Å². The van der Waals surface area contributed by atoms with E-state index in [1.54, 1.807) is 12.0 Å². The van der Waals surface area contributed by atoms with Gasteiger partial charge >= 0.3 is 12.0 Å². The topological polar surface area (TPSA) is 78.9 Å². The van der Waals surface area contributed by atoms with Gasteiger partial charge in [-0.1, -0.05) is 42.5 Å². The van der Waals surface area contributed by atoms with Crippen molar-refractivity contribution in [3.63, 3.8) is 0 Å². The molecule has 2 aromatic rings. The molecule has 2 N–H and O–H groups in total. The number of carboxylic acid groups (broad SMARTS) is 1. The van der Waals surface area contributed by atoms with Crippen molar-refractivity contribution in [1.29, 1.82) is 0 Å². The maximum absolute atomic E-state index is 12.6. The summed E-state index contributed by atoms with van der Waals surface area (Å²) in [5.74, 6) is -0.0547. The van der Waals surface area contributed by atoms with Crippen LogP contribution in [0.5, 0.6) is 5.75 Å². The van der Waals surface area contributed by atoms with Crippen molar-refractivity contribution in [1.82, 2.24) is 10.2 Å². The van der Waals surface area contributed by atoms with E-state index in [-0.39, 0.29) is 12.5 Å². The molecule has 2 rings (SSSR count). The second-order valence-corrected chi connectivity index (χ2v) is 6.23. The van der Waals surface area contributed by atoms with Crippen molar-refractivity contribution in [3.8, 4) is 5.75 Å². The lowest BCUT2D eigenvalue weighted by Gasteiger charge is -2.23. The molecule has 27 heavy (non-hydrogen) atoms. The van der Waals surface area contributed by atoms with Gasteiger partial charge in [-0.15, -0.1) is 0 Å². The van der Waals surface area contributed by atoms with Gasteiger partial charge in [0.25, 0.3) is 0 Å². The molecule has 0 aromatic heterocycles. The SMILES string of the molecule is COc1ccc(CCN(Cc2ccccc2)C(=O)NCCCC(=O)O)cc1. The van der Waals surface area contributed by atoms with Gasteiger partial charge in [-0.2, -0.15) is 0 Å². The number of rotatable bonds is 10. The molecule has 2 aromatic carbocycles. The quantitative estimate of drug-likeness (QED) is 0.629. The van der Waals surface area contributed by atoms with E-state index in [0.29, 0.717) is 26.1 Å². The average molecular weight is 370 g/mol. The smallest absolute Gasteiger partial charge is 0.317 e. The Morgan fingerprint density at radius 2 is 1.74 bits per heavy atom. The third kappa shape index (κ3) is 7.40. The van der Waals surface area contributed by atoms with Gasteiger partial charge in [-0.05, 0) is 36.1 Å². The zero-order chi connectivity index (χ0) is 19.5. The molecule has 0 saturated carbocycles. The fraction of sp³-hybridized carbons (Fsp3) is 0.333. The molecule has 0 aliphatic heterocycles. The summed E-state index contributed by atoms with van der Waals surface area (Å²) in [6.07, 6.45) is 1.18. The van der Waals surface area contributed by atoms with Crippen molar-refractivity contribution in [2.75, 3.05) is 20.2 Å². The molecule has 0 bridgehead atoms. The molecule has 144 valence electrons. The van der Waals surface area contributed by atoms with E-state index in [4.69, 9.17) is 9.84 Å². The first-order chi connectivity index (χ1) is 13.1. The Labute approximate surface area is 159 Å². The standard InChI is InChI=1S/C21H26N2O4/c1-27-19-11-9-17(10-12-19)13-15-23(16-18-6-3-2-4-7-18)21(26)22-14-5-8-20(24)25/h2-4,6-7,9-12H,5,8,13-16H2,1H3,(H,22,26)(H,24,25). The lowest BCUT2D eigenvalue weighted by molar-refractivity contribution is -0.137. The minimum absolute atomic E-state index is 0.0464. The molecule has 6 heteroatoms. The Morgan fingerprint density at radius 3 is 2.37 bits per heavy atom. The zero-order valence-corrected chi connectivity index (χ0v) is 15.6. The van der Waals surface area contributed by atoms with Crippen LogP contribution in [0.1, 0.15) is 24.0 Å². The van der Waals surface area contributed by atoms with Crippen LogP contribution in [0.4, 0.5) is 4.79 Å². The van der Waals surface area contributed by atoms with E-state index in [1.165, 1.54) is 0 Å². The molecule has 0 aliphatic rings. The Bertz CT molecular complexity index is 717. The zero-order valence-electron chi connectivity index (χ0n) is 15.6. The maximum Gasteiger partial charge on any atom is 0.317 e. The number of hydrogen-bond acceptors (Lipinski definition) is 3. The van der Waals surface area contributed by atoms with Crippen molar-refractivity contribution < 1.29 is 19.4 Å². The predicted octanol–water partition coefficient (Wildman–Crippen LogP) is 3.31. The molecule has 0 fully saturated rings. The van der Waals surface area contributed by atoms with E-state index in [1.807, 2.05) is 54.6 Å². The summed E-state index contributed by atoms with van der Waals surface area (Å²) in [5, 5.41) is 11.5. The highest BCUT2D eigenvalue weighted by Gasteiger charge is 2.14. The lowest BCUT2D eigenvalue weighted by atomic mass is 10.1. The number of carbonyl (C=O) groups excluding carboxylic acids is 1. The number of nitrogens with one attached hydrogen (secondary N) is 1. The van der Waals surface area contributed by atoms with E-state index in [2.05, 4.69) is 5.32 Å². The molecule has 0 spiro atoms. The highest BCUT2D eigenvalue weighted by atomic mass is 16.5. The van der Waals surface area contributed by atoms with E-state index < -0.39 is 5.97 Å². The maximum atomic E-state index is 12.6. The molecule has 0 aliphatic carbocycles. The molecule has 0 unspecified atom stereocenters. The molecule has 0 heterocycles. The second kappa shape index (κ2) is 10.9. The Kier molecular flexibility index (Phi) is 8.16. The number of carbonyl (C=O) groups is 2. The molecular formula is C21H26N2O4. The molecular weight excluding hydrogens is 344 g/mol. The van der Waals surface area contributed by atoms with E-state index in [0.717, 1.165) is 23.3 Å². The summed E-state index contributed by atoms with van der Waals surface area (Å²) in [6.45, 7) is 1.41. The molecule has 2 amide bonds. The first-order valence-electron chi connectivity index (χ1n) is 9.00. The highest BCUT2D eigenvalue weighted by Crippen LogP contribution is 2.13. The van der Waals surface area contributed by atoms with Crippen LogP contribution in [0.15, 0.2) is 54.6 Å². The molecule has 0 saturated heterocycles. The van der Waals surface area contributed by atoms with Crippen molar-refractivity contribution in [2.24, 2.45) is 0 Å². The molecule has 6 nitrogen and oxygen atoms in total. The number of ether oxygens (including phenoxy) is 1. The minimum atomic E-state index is -0.857. The van der Waals surface area contributed by atoms with Gasteiger partial charge in [-0.3, -0.25) is 4.79 Å². The van der Waals surface area contributed by atoms with Crippen LogP contribution in [-0.4, -0.2) is 42.2 Å². The van der Waals surface area contributed by atoms with Gasteiger partial charge in [0.05, 0.1) is 7.11 Å². The summed E-state index contributed by atoms with van der Waals surface area (Å²) >= 11 is 0. The average Bonchev–Trinajstić information content (AvgIpc) is 2.69. The first kappa shape index (κ1) is 20.3. The minimum Gasteiger partial charge on any atom is -0.497 e. The van der Waals surface area contributed by atoms with Crippen LogP contribution in [0.25, 0.3) is 0 Å². The third-order valence-electron chi connectivity index (χ3n) is 4.18. The number of hydrogen-bond donors (Lipinski definition) is 2. The van der Waals surface area contributed by atoms with Crippen molar-refractivity contribution >= 4 is 12.0 Å². The van der Waals surface area contributed by atoms with Gasteiger partial charge in [0.2, 0.25) is 0 Å². The largest absolute Gasteiger partial charge is 0.497 e. The van der Waals surface area contributed by atoms with Crippen LogP contribution in [0.2, 0.25) is 0 Å². The van der Waals surface area contributed by atoms with Crippen molar-refractivity contribution in [3.05, 3.63) is 65.7 Å². The second-order valence-electron chi connectivity index (χ2n) is 6.23. The number of benzene rings is 2. The van der Waals surface area contributed by atoms with Crippen molar-refractivity contribution in [2.45, 2.75) is 25.8 Å². The number of carboxylic acids is 1. The van der Waals surface area contributed by atoms with Crippen LogP contribution in [0, 0.1) is 0 Å². The monoisotopic (exact) mass is 370 g/mol. The fourth-order valence-electron chi connectivity index (χ4n) is 2.66. The predicted molar refractivity (Wildman–Crippen MR) is 104 cm³/mol.